The number of rotatable bonds is 9. The number of anilines is 1. The number of aromatic carboxylic acids is 2. The van der Waals surface area contributed by atoms with E-state index in [9.17, 15) is 29.9 Å². The number of nitro groups is 1. The summed E-state index contributed by atoms with van der Waals surface area (Å²) < 4.78 is 6.16. The molecule has 0 atom stereocenters. The summed E-state index contributed by atoms with van der Waals surface area (Å²) in [7, 11) is 1.49. The highest BCUT2D eigenvalue weighted by Gasteiger charge is 2.27. The number of carbonyl (C=O) groups is 2. The zero-order valence-corrected chi connectivity index (χ0v) is 16.3. The van der Waals surface area contributed by atoms with Crippen molar-refractivity contribution < 1.29 is 29.5 Å². The monoisotopic (exact) mass is 426 g/mol. The Morgan fingerprint density at radius 3 is 2.26 bits per heavy atom. The number of hydrogen-bond donors (Lipinski definition) is 3. The maximum absolute atomic E-state index is 11.9. The SMILES string of the molecule is COc1ccc(-n2nc(C(=O)O)c(CCNc3ccc([N+](=O)[O-])cc3)c2C(=O)O)cc1. The van der Waals surface area contributed by atoms with Gasteiger partial charge in [0.1, 0.15) is 5.75 Å². The van der Waals surface area contributed by atoms with Gasteiger partial charge in [0.25, 0.3) is 5.69 Å². The molecule has 3 aromatic rings. The first kappa shape index (κ1) is 21.3. The van der Waals surface area contributed by atoms with E-state index in [2.05, 4.69) is 10.4 Å². The van der Waals surface area contributed by atoms with Gasteiger partial charge in [-0.2, -0.15) is 5.10 Å². The third-order valence-corrected chi connectivity index (χ3v) is 4.49. The van der Waals surface area contributed by atoms with Crippen LogP contribution in [0.1, 0.15) is 26.5 Å². The predicted octanol–water partition coefficient (Wildman–Crippen LogP) is 2.84. The lowest BCUT2D eigenvalue weighted by atomic mass is 10.1. The van der Waals surface area contributed by atoms with Gasteiger partial charge in [-0.05, 0) is 42.8 Å². The van der Waals surface area contributed by atoms with Gasteiger partial charge in [0, 0.05) is 29.9 Å². The molecule has 1 heterocycles. The fourth-order valence-corrected chi connectivity index (χ4v) is 3.02. The number of hydrogen-bond acceptors (Lipinski definition) is 7. The van der Waals surface area contributed by atoms with Crippen LogP contribution in [0.15, 0.2) is 48.5 Å². The van der Waals surface area contributed by atoms with Crippen molar-refractivity contribution in [3.05, 3.63) is 75.6 Å². The lowest BCUT2D eigenvalue weighted by Crippen LogP contribution is -2.13. The molecule has 11 nitrogen and oxygen atoms in total. The average Bonchev–Trinajstić information content (AvgIpc) is 3.14. The first-order chi connectivity index (χ1) is 14.8. The molecule has 0 unspecified atom stereocenters. The van der Waals surface area contributed by atoms with Gasteiger partial charge < -0.3 is 20.3 Å². The van der Waals surface area contributed by atoms with Crippen molar-refractivity contribution in [1.29, 1.82) is 0 Å². The Morgan fingerprint density at radius 1 is 1.10 bits per heavy atom. The first-order valence-electron chi connectivity index (χ1n) is 9.03. The largest absolute Gasteiger partial charge is 0.497 e. The zero-order valence-electron chi connectivity index (χ0n) is 16.3. The molecule has 31 heavy (non-hydrogen) atoms. The molecule has 0 aliphatic carbocycles. The standard InChI is InChI=1S/C20H18N4O7/c1-31-15-8-6-13(7-9-15)23-18(20(27)28)16(17(22-23)19(25)26)10-11-21-12-2-4-14(5-3-12)24(29)30/h2-9,21H,10-11H2,1H3,(H,25,26)(H,27,28). The van der Waals surface area contributed by atoms with E-state index in [4.69, 9.17) is 4.74 Å². The molecule has 0 amide bonds. The van der Waals surface area contributed by atoms with E-state index in [0.717, 1.165) is 4.68 Å². The van der Waals surface area contributed by atoms with E-state index >= 15 is 0 Å². The van der Waals surface area contributed by atoms with Crippen LogP contribution in [0.25, 0.3) is 5.69 Å². The molecule has 0 spiro atoms. The minimum Gasteiger partial charge on any atom is -0.497 e. The number of carboxylic acids is 2. The van der Waals surface area contributed by atoms with Crippen LogP contribution in [0.2, 0.25) is 0 Å². The molecule has 0 fully saturated rings. The van der Waals surface area contributed by atoms with Crippen molar-refractivity contribution in [2.24, 2.45) is 0 Å². The topological polar surface area (TPSA) is 157 Å². The molecule has 0 saturated carbocycles. The van der Waals surface area contributed by atoms with Crippen LogP contribution >= 0.6 is 0 Å². The van der Waals surface area contributed by atoms with Crippen molar-refractivity contribution in [2.45, 2.75) is 6.42 Å². The summed E-state index contributed by atoms with van der Waals surface area (Å²) in [4.78, 5) is 33.9. The van der Waals surface area contributed by atoms with E-state index in [1.54, 1.807) is 24.3 Å². The van der Waals surface area contributed by atoms with Crippen molar-refractivity contribution >= 4 is 23.3 Å². The van der Waals surface area contributed by atoms with Gasteiger partial charge in [-0.25, -0.2) is 14.3 Å². The highest BCUT2D eigenvalue weighted by Crippen LogP contribution is 2.23. The van der Waals surface area contributed by atoms with Crippen LogP contribution < -0.4 is 10.1 Å². The lowest BCUT2D eigenvalue weighted by molar-refractivity contribution is -0.384. The molecule has 3 rings (SSSR count). The molecule has 11 heteroatoms. The Labute approximate surface area is 175 Å². The summed E-state index contributed by atoms with van der Waals surface area (Å²) in [5, 5.41) is 37.0. The number of non-ortho nitro benzene ring substituents is 1. The number of nitro benzene ring substituents is 1. The Hall–Kier alpha value is -4.41. The summed E-state index contributed by atoms with van der Waals surface area (Å²) in [6.45, 7) is 0.187. The highest BCUT2D eigenvalue weighted by atomic mass is 16.6. The summed E-state index contributed by atoms with van der Waals surface area (Å²) >= 11 is 0. The third-order valence-electron chi connectivity index (χ3n) is 4.49. The number of benzene rings is 2. The number of ether oxygens (including phenoxy) is 1. The molecule has 0 aliphatic rings. The maximum atomic E-state index is 11.9. The Bertz CT molecular complexity index is 1120. The number of aromatic nitrogens is 2. The predicted molar refractivity (Wildman–Crippen MR) is 109 cm³/mol. The van der Waals surface area contributed by atoms with Crippen LogP contribution in [0.3, 0.4) is 0 Å². The maximum Gasteiger partial charge on any atom is 0.356 e. The average molecular weight is 426 g/mol. The van der Waals surface area contributed by atoms with Gasteiger partial charge >= 0.3 is 11.9 Å². The molecule has 0 bridgehead atoms. The molecule has 3 N–H and O–H groups in total. The quantitative estimate of drug-likeness (QED) is 0.346. The van der Waals surface area contributed by atoms with Gasteiger partial charge in [-0.15, -0.1) is 0 Å². The fourth-order valence-electron chi connectivity index (χ4n) is 3.02. The Morgan fingerprint density at radius 2 is 1.74 bits per heavy atom. The van der Waals surface area contributed by atoms with Crippen molar-refractivity contribution in [2.75, 3.05) is 19.0 Å². The second-order valence-electron chi connectivity index (χ2n) is 6.38. The molecular formula is C20H18N4O7. The molecule has 160 valence electrons. The van der Waals surface area contributed by atoms with Gasteiger partial charge in [0.2, 0.25) is 0 Å². The summed E-state index contributed by atoms with van der Waals surface area (Å²) in [6, 6.07) is 12.0. The van der Waals surface area contributed by atoms with Crippen LogP contribution in [0.4, 0.5) is 11.4 Å². The van der Waals surface area contributed by atoms with E-state index in [0.29, 0.717) is 17.1 Å². The number of nitrogens with zero attached hydrogens (tertiary/aromatic N) is 3. The van der Waals surface area contributed by atoms with E-state index in [1.807, 2.05) is 0 Å². The first-order valence-corrected chi connectivity index (χ1v) is 9.03. The van der Waals surface area contributed by atoms with Gasteiger partial charge in [-0.3, -0.25) is 10.1 Å². The molecule has 2 aromatic carbocycles. The third kappa shape index (κ3) is 4.61. The van der Waals surface area contributed by atoms with E-state index in [-0.39, 0.29) is 35.6 Å². The zero-order chi connectivity index (χ0) is 22.5. The molecule has 0 saturated heterocycles. The molecule has 0 radical (unpaired) electrons. The minimum atomic E-state index is -1.35. The number of nitrogens with one attached hydrogen (secondary N) is 1. The molecule has 0 aliphatic heterocycles. The summed E-state index contributed by atoms with van der Waals surface area (Å²) in [5.74, 6) is -2.11. The number of methoxy groups -OCH3 is 1. The Balaban J connectivity index is 1.89. The van der Waals surface area contributed by atoms with Crippen LogP contribution in [0.5, 0.6) is 5.75 Å². The highest BCUT2D eigenvalue weighted by molar-refractivity contribution is 5.95. The minimum absolute atomic E-state index is 0.0520. The van der Waals surface area contributed by atoms with Crippen molar-refractivity contribution in [1.82, 2.24) is 9.78 Å². The van der Waals surface area contributed by atoms with Crippen LogP contribution in [0, 0.1) is 10.1 Å². The van der Waals surface area contributed by atoms with Crippen LogP contribution in [-0.2, 0) is 6.42 Å². The van der Waals surface area contributed by atoms with Gasteiger partial charge in [0.15, 0.2) is 11.4 Å². The second kappa shape index (κ2) is 8.95. The normalized spacial score (nSPS) is 10.5. The second-order valence-corrected chi connectivity index (χ2v) is 6.38. The van der Waals surface area contributed by atoms with Gasteiger partial charge in [-0.1, -0.05) is 0 Å². The number of carboxylic acid groups (broad SMARTS) is 2. The fraction of sp³-hybridized carbons (Fsp3) is 0.150. The van der Waals surface area contributed by atoms with E-state index in [1.165, 1.54) is 31.4 Å². The van der Waals surface area contributed by atoms with Crippen LogP contribution in [-0.4, -0.2) is 50.5 Å². The van der Waals surface area contributed by atoms with E-state index < -0.39 is 16.9 Å². The van der Waals surface area contributed by atoms with Crippen molar-refractivity contribution in [3.63, 3.8) is 0 Å². The van der Waals surface area contributed by atoms with Crippen molar-refractivity contribution in [3.8, 4) is 11.4 Å². The Kier molecular flexibility index (Phi) is 6.15. The molecule has 1 aromatic heterocycles. The summed E-state index contributed by atoms with van der Waals surface area (Å²) in [5.41, 5.74) is 0.321. The molecular weight excluding hydrogens is 408 g/mol. The lowest BCUT2D eigenvalue weighted by Gasteiger charge is -2.08. The smallest absolute Gasteiger partial charge is 0.356 e. The summed E-state index contributed by atoms with van der Waals surface area (Å²) in [6.07, 6.45) is 0.0520. The van der Waals surface area contributed by atoms with Gasteiger partial charge in [0.05, 0.1) is 17.7 Å².